The van der Waals surface area contributed by atoms with Crippen LogP contribution >= 0.6 is 0 Å². The Morgan fingerprint density at radius 1 is 1.18 bits per heavy atom. The van der Waals surface area contributed by atoms with Crippen LogP contribution in [-0.2, 0) is 0 Å². The van der Waals surface area contributed by atoms with Crippen LogP contribution in [0.1, 0.15) is 33.5 Å². The summed E-state index contributed by atoms with van der Waals surface area (Å²) in [5, 5.41) is 15.4. The van der Waals surface area contributed by atoms with Crippen LogP contribution in [0.25, 0.3) is 0 Å². The van der Waals surface area contributed by atoms with Crippen LogP contribution < -0.4 is 56.8 Å². The number of rotatable bonds is 3. The molecule has 0 atom stereocenters. The fourth-order valence-corrected chi connectivity index (χ4v) is 1.98. The molecule has 17 heavy (non-hydrogen) atoms. The number of nitrogens with one attached hydrogen (secondary N) is 1. The van der Waals surface area contributed by atoms with Gasteiger partial charge in [-0.25, -0.2) is 0 Å². The van der Waals surface area contributed by atoms with Crippen molar-refractivity contribution in [2.75, 3.05) is 0 Å². The molecular formula is C12H18KN3O. The fraction of sp³-hybridized carbons (Fsp3) is 0.500. The second kappa shape index (κ2) is 8.21. The van der Waals surface area contributed by atoms with Gasteiger partial charge in [-0.1, -0.05) is 24.6 Å². The van der Waals surface area contributed by atoms with Crippen molar-refractivity contribution in [3.8, 4) is 0 Å². The Bertz CT molecular complexity index is 356. The molecule has 5 heteroatoms. The number of para-hydroxylation sites is 1. The maximum absolute atomic E-state index is 11.6. The van der Waals surface area contributed by atoms with E-state index >= 15 is 0 Å². The van der Waals surface area contributed by atoms with E-state index in [1.165, 1.54) is 19.3 Å². The van der Waals surface area contributed by atoms with E-state index in [2.05, 4.69) is 10.6 Å². The minimum absolute atomic E-state index is 0. The molecule has 0 unspecified atom stereocenters. The number of benzene rings is 1. The smallest absolute Gasteiger partial charge is 1.00 e. The third-order valence-corrected chi connectivity index (χ3v) is 2.91. The van der Waals surface area contributed by atoms with Gasteiger partial charge in [0.25, 0.3) is 0 Å². The van der Waals surface area contributed by atoms with Gasteiger partial charge in [0.2, 0.25) is 0 Å². The van der Waals surface area contributed by atoms with Crippen molar-refractivity contribution < 1.29 is 57.7 Å². The molecule has 1 aromatic rings. The number of nitrogens with zero attached hydrogens (tertiary/aromatic N) is 2. The topological polar surface area (TPSA) is 50.5 Å². The second-order valence-corrected chi connectivity index (χ2v) is 4.17. The Hall–Kier alpha value is 0.0564. The first-order valence-corrected chi connectivity index (χ1v) is 5.85. The largest absolute Gasteiger partial charge is 1.00 e. The van der Waals surface area contributed by atoms with Crippen LogP contribution in [-0.4, -0.2) is 10.9 Å². The molecule has 0 heterocycles. The fourth-order valence-electron chi connectivity index (χ4n) is 1.98. The second-order valence-electron chi connectivity index (χ2n) is 4.17. The van der Waals surface area contributed by atoms with Crippen LogP contribution in [0.4, 0.5) is 5.69 Å². The van der Waals surface area contributed by atoms with Gasteiger partial charge in [0.15, 0.2) is 5.69 Å². The maximum atomic E-state index is 11.6. The zero-order valence-corrected chi connectivity index (χ0v) is 13.4. The Labute approximate surface area is 146 Å². The molecule has 0 saturated heterocycles. The SMILES string of the molecule is [H-].[K+].[O-][N+](=NNC1CCCCC1)c1ccccc1. The predicted molar refractivity (Wildman–Crippen MR) is 63.3 cm³/mol. The summed E-state index contributed by atoms with van der Waals surface area (Å²) in [5.41, 5.74) is 3.52. The van der Waals surface area contributed by atoms with Gasteiger partial charge < -0.3 is 6.63 Å². The van der Waals surface area contributed by atoms with E-state index in [0.717, 1.165) is 12.8 Å². The van der Waals surface area contributed by atoms with E-state index < -0.39 is 0 Å². The summed E-state index contributed by atoms with van der Waals surface area (Å²) >= 11 is 0. The Morgan fingerprint density at radius 3 is 2.47 bits per heavy atom. The van der Waals surface area contributed by atoms with Gasteiger partial charge in [-0.05, 0) is 37.8 Å². The molecule has 1 aliphatic carbocycles. The van der Waals surface area contributed by atoms with Crippen molar-refractivity contribution in [3.05, 3.63) is 35.5 Å². The van der Waals surface area contributed by atoms with E-state index in [4.69, 9.17) is 0 Å². The third-order valence-electron chi connectivity index (χ3n) is 2.91. The molecule has 0 aliphatic heterocycles. The Balaban J connectivity index is 0.00000144. The van der Waals surface area contributed by atoms with Gasteiger partial charge in [0.05, 0.1) is 5.22 Å². The Morgan fingerprint density at radius 2 is 1.82 bits per heavy atom. The summed E-state index contributed by atoms with van der Waals surface area (Å²) in [5.74, 6) is 0. The van der Waals surface area contributed by atoms with E-state index in [0.29, 0.717) is 16.6 Å². The average Bonchev–Trinajstić information content (AvgIpc) is 2.38. The Kier molecular flexibility index (Phi) is 7.30. The van der Waals surface area contributed by atoms with Crippen LogP contribution in [0.3, 0.4) is 0 Å². The van der Waals surface area contributed by atoms with Gasteiger partial charge in [-0.3, -0.25) is 0 Å². The number of hydrogen-bond donors (Lipinski definition) is 1. The zero-order chi connectivity index (χ0) is 11.2. The molecule has 4 nitrogen and oxygen atoms in total. The quantitative estimate of drug-likeness (QED) is 0.366. The molecule has 1 N–H and O–H groups in total. The van der Waals surface area contributed by atoms with E-state index in [-0.39, 0.29) is 52.8 Å². The first-order chi connectivity index (χ1) is 7.86. The van der Waals surface area contributed by atoms with Crippen molar-refractivity contribution in [2.45, 2.75) is 38.1 Å². The molecule has 0 amide bonds. The maximum Gasteiger partial charge on any atom is 1.00 e. The summed E-state index contributed by atoms with van der Waals surface area (Å²) in [6, 6.07) is 9.41. The summed E-state index contributed by atoms with van der Waals surface area (Å²) < 4.78 is 0. The molecule has 2 rings (SSSR count). The van der Waals surface area contributed by atoms with Gasteiger partial charge >= 0.3 is 51.4 Å². The van der Waals surface area contributed by atoms with Crippen LogP contribution in [0.5, 0.6) is 0 Å². The van der Waals surface area contributed by atoms with Gasteiger partial charge in [-0.2, -0.15) is 5.43 Å². The molecule has 0 radical (unpaired) electrons. The monoisotopic (exact) mass is 259 g/mol. The minimum Gasteiger partial charge on any atom is -1.00 e. The molecule has 1 aromatic carbocycles. The summed E-state index contributed by atoms with van der Waals surface area (Å²) in [7, 11) is 0. The van der Waals surface area contributed by atoms with Crippen molar-refractivity contribution in [1.82, 2.24) is 5.43 Å². The van der Waals surface area contributed by atoms with Crippen LogP contribution in [0, 0.1) is 5.21 Å². The first-order valence-electron chi connectivity index (χ1n) is 5.85. The van der Waals surface area contributed by atoms with E-state index in [1.54, 1.807) is 12.1 Å². The summed E-state index contributed by atoms with van der Waals surface area (Å²) in [6.45, 7) is 0. The molecule has 0 aromatic heterocycles. The molecule has 0 bridgehead atoms. The van der Waals surface area contributed by atoms with Gasteiger partial charge in [-0.15, -0.1) is 4.86 Å². The predicted octanol–water partition coefficient (Wildman–Crippen LogP) is 0.234. The molecular weight excluding hydrogens is 241 g/mol. The molecule has 1 aliphatic rings. The van der Waals surface area contributed by atoms with Gasteiger partial charge in [0, 0.05) is 0 Å². The van der Waals surface area contributed by atoms with Crippen molar-refractivity contribution in [1.29, 1.82) is 0 Å². The van der Waals surface area contributed by atoms with Crippen LogP contribution in [0.2, 0.25) is 0 Å². The van der Waals surface area contributed by atoms with Crippen molar-refractivity contribution >= 4 is 5.69 Å². The van der Waals surface area contributed by atoms with Crippen LogP contribution in [0.15, 0.2) is 35.6 Å². The molecule has 1 fully saturated rings. The van der Waals surface area contributed by atoms with Crippen molar-refractivity contribution in [2.24, 2.45) is 5.22 Å². The van der Waals surface area contributed by atoms with E-state index in [9.17, 15) is 5.21 Å². The molecule has 88 valence electrons. The number of hydrogen-bond acceptors (Lipinski definition) is 2. The zero-order valence-electron chi connectivity index (χ0n) is 11.3. The average molecular weight is 259 g/mol. The molecule has 0 spiro atoms. The standard InChI is InChI=1S/C12H17N3O.K.H/c16-15(12-9-5-2-6-10-12)14-13-11-7-3-1-4-8-11;;/h2,5-6,9-11,13H,1,3-4,7-8H2;;/q;+1;-1. The molecule has 1 saturated carbocycles. The summed E-state index contributed by atoms with van der Waals surface area (Å²) in [4.78, 5) is 0.647. The normalized spacial score (nSPS) is 17.3. The first kappa shape index (κ1) is 15.1. The summed E-state index contributed by atoms with van der Waals surface area (Å²) in [6.07, 6.45) is 6.00. The minimum atomic E-state index is 0. The van der Waals surface area contributed by atoms with Gasteiger partial charge in [0.1, 0.15) is 6.04 Å². The van der Waals surface area contributed by atoms with E-state index in [1.807, 2.05) is 18.2 Å². The van der Waals surface area contributed by atoms with Crippen molar-refractivity contribution in [3.63, 3.8) is 0 Å². The third kappa shape index (κ3) is 5.05.